The first-order valence-electron chi connectivity index (χ1n) is 2.09. The van der Waals surface area contributed by atoms with Gasteiger partial charge >= 0.3 is 15.3 Å². The Kier molecular flexibility index (Phi) is 3.17. The van der Waals surface area contributed by atoms with Crippen LogP contribution in [0.1, 0.15) is 0 Å². The molecule has 0 saturated heterocycles. The van der Waals surface area contributed by atoms with Crippen LogP contribution in [0.2, 0.25) is 0 Å². The third kappa shape index (κ3) is 5.39. The molecule has 0 spiro atoms. The summed E-state index contributed by atoms with van der Waals surface area (Å²) in [7, 11) is 0.647. The molecular weight excluding hydrogens is 180 g/mol. The van der Waals surface area contributed by atoms with Gasteiger partial charge in [-0.3, -0.25) is 0 Å². The Balaban J connectivity index is 3.93. The third-order valence-electron chi connectivity index (χ3n) is 0.448. The molecule has 10 heavy (non-hydrogen) atoms. The standard InChI is InChI=1S/C3H5ClN2O3S/c1-2-5-3(7)6-10(4,8)9/h2H,1H2,(H2,5,6,7). The van der Waals surface area contributed by atoms with E-state index in [4.69, 9.17) is 0 Å². The van der Waals surface area contributed by atoms with Crippen LogP contribution in [0.3, 0.4) is 0 Å². The Morgan fingerprint density at radius 3 is 2.40 bits per heavy atom. The second kappa shape index (κ2) is 3.43. The normalized spacial score (nSPS) is 10.1. The van der Waals surface area contributed by atoms with Gasteiger partial charge in [-0.25, -0.2) is 9.52 Å². The molecular formula is C3H5ClN2O3S. The van der Waals surface area contributed by atoms with Crippen LogP contribution in [0.25, 0.3) is 0 Å². The molecule has 0 atom stereocenters. The molecule has 5 nitrogen and oxygen atoms in total. The molecule has 0 aliphatic heterocycles. The van der Waals surface area contributed by atoms with Gasteiger partial charge in [-0.1, -0.05) is 6.58 Å². The summed E-state index contributed by atoms with van der Waals surface area (Å²) in [4.78, 5) is 10.3. The van der Waals surface area contributed by atoms with E-state index >= 15 is 0 Å². The van der Waals surface area contributed by atoms with Crippen molar-refractivity contribution in [2.24, 2.45) is 0 Å². The van der Waals surface area contributed by atoms with Gasteiger partial charge in [-0.15, -0.1) is 0 Å². The molecule has 0 heterocycles. The molecule has 0 aliphatic carbocycles. The Morgan fingerprint density at radius 1 is 1.60 bits per heavy atom. The van der Waals surface area contributed by atoms with Crippen LogP contribution >= 0.6 is 10.7 Å². The molecule has 0 rings (SSSR count). The number of rotatable bonds is 2. The SMILES string of the molecule is C=CNC(=O)NS(=O)(=O)Cl. The van der Waals surface area contributed by atoms with Crippen LogP contribution in [0.15, 0.2) is 12.8 Å². The predicted molar refractivity (Wildman–Crippen MR) is 36.6 cm³/mol. The lowest BCUT2D eigenvalue weighted by Gasteiger charge is -1.97. The Morgan fingerprint density at radius 2 is 2.10 bits per heavy atom. The lowest BCUT2D eigenvalue weighted by atomic mass is 10.9. The third-order valence-corrected chi connectivity index (χ3v) is 1.11. The lowest BCUT2D eigenvalue weighted by Crippen LogP contribution is -2.33. The topological polar surface area (TPSA) is 75.3 Å². The van der Waals surface area contributed by atoms with Gasteiger partial charge in [0.25, 0.3) is 0 Å². The van der Waals surface area contributed by atoms with E-state index in [1.165, 1.54) is 4.72 Å². The first-order chi connectivity index (χ1) is 4.45. The van der Waals surface area contributed by atoms with Crippen molar-refractivity contribution in [3.05, 3.63) is 12.8 Å². The highest BCUT2D eigenvalue weighted by molar-refractivity contribution is 8.12. The highest BCUT2D eigenvalue weighted by Crippen LogP contribution is 1.87. The minimum absolute atomic E-state index is 0.940. The first kappa shape index (κ1) is 9.25. The molecule has 58 valence electrons. The van der Waals surface area contributed by atoms with E-state index in [1.54, 1.807) is 0 Å². The van der Waals surface area contributed by atoms with E-state index < -0.39 is 15.3 Å². The van der Waals surface area contributed by atoms with Crippen molar-refractivity contribution in [2.45, 2.75) is 0 Å². The molecule has 2 N–H and O–H groups in total. The van der Waals surface area contributed by atoms with Crippen molar-refractivity contribution in [3.63, 3.8) is 0 Å². The van der Waals surface area contributed by atoms with E-state index in [2.05, 4.69) is 17.3 Å². The maximum absolute atomic E-state index is 10.3. The van der Waals surface area contributed by atoms with Gasteiger partial charge in [-0.05, 0) is 6.20 Å². The number of amides is 2. The van der Waals surface area contributed by atoms with Crippen molar-refractivity contribution in [3.8, 4) is 0 Å². The predicted octanol–water partition coefficient (Wildman–Crippen LogP) is -0.0873. The largest absolute Gasteiger partial charge is 0.333 e. The van der Waals surface area contributed by atoms with Gasteiger partial charge < -0.3 is 5.32 Å². The molecule has 0 aromatic carbocycles. The summed E-state index contributed by atoms with van der Waals surface area (Å²) in [5.74, 6) is 0. The number of hydrogen-bond donors (Lipinski definition) is 2. The zero-order valence-electron chi connectivity index (χ0n) is 4.80. The number of carbonyl (C=O) groups excluding carboxylic acids is 1. The summed E-state index contributed by atoms with van der Waals surface area (Å²) < 4.78 is 21.6. The van der Waals surface area contributed by atoms with Crippen LogP contribution < -0.4 is 10.0 Å². The quantitative estimate of drug-likeness (QED) is 0.589. The highest BCUT2D eigenvalue weighted by atomic mass is 35.7. The highest BCUT2D eigenvalue weighted by Gasteiger charge is 2.07. The van der Waals surface area contributed by atoms with Crippen LogP contribution in [0.5, 0.6) is 0 Å². The Bertz CT molecular complexity index is 234. The Labute approximate surface area is 62.6 Å². The number of nitrogens with one attached hydrogen (secondary N) is 2. The summed E-state index contributed by atoms with van der Waals surface area (Å²) in [6.45, 7) is 3.12. The van der Waals surface area contributed by atoms with Gasteiger partial charge in [0.05, 0.1) is 0 Å². The van der Waals surface area contributed by atoms with Crippen LogP contribution in [0.4, 0.5) is 4.79 Å². The summed E-state index contributed by atoms with van der Waals surface area (Å²) in [6.07, 6.45) is 1.03. The molecule has 2 amide bonds. The fourth-order valence-electron chi connectivity index (χ4n) is 0.233. The fraction of sp³-hybridized carbons (Fsp3) is 0. The smallest absolute Gasteiger partial charge is 0.314 e. The van der Waals surface area contributed by atoms with Crippen LogP contribution in [-0.2, 0) is 9.24 Å². The number of urea groups is 1. The summed E-state index contributed by atoms with van der Waals surface area (Å²) in [5, 5.41) is 1.95. The van der Waals surface area contributed by atoms with Gasteiger partial charge in [-0.2, -0.15) is 8.42 Å². The number of hydrogen-bond acceptors (Lipinski definition) is 3. The van der Waals surface area contributed by atoms with E-state index in [0.717, 1.165) is 6.20 Å². The molecule has 0 fully saturated rings. The van der Waals surface area contributed by atoms with E-state index in [1.807, 2.05) is 5.32 Å². The minimum Gasteiger partial charge on any atom is -0.314 e. The van der Waals surface area contributed by atoms with E-state index in [-0.39, 0.29) is 0 Å². The molecule has 0 aromatic heterocycles. The lowest BCUT2D eigenvalue weighted by molar-refractivity contribution is 0.249. The van der Waals surface area contributed by atoms with Crippen molar-refractivity contribution in [1.82, 2.24) is 10.0 Å². The van der Waals surface area contributed by atoms with Gasteiger partial charge in [0.15, 0.2) is 0 Å². The second-order valence-corrected chi connectivity index (χ2v) is 3.52. The van der Waals surface area contributed by atoms with Crippen molar-refractivity contribution in [1.29, 1.82) is 0 Å². The zero-order valence-corrected chi connectivity index (χ0v) is 6.37. The van der Waals surface area contributed by atoms with Gasteiger partial charge in [0.1, 0.15) is 0 Å². The fourth-order valence-corrected chi connectivity index (χ4v) is 0.723. The number of halogens is 1. The number of carbonyl (C=O) groups is 1. The van der Waals surface area contributed by atoms with Crippen molar-refractivity contribution >= 4 is 26.0 Å². The first-order valence-corrected chi connectivity index (χ1v) is 4.40. The summed E-state index contributed by atoms with van der Waals surface area (Å²) in [5.41, 5.74) is 0. The summed E-state index contributed by atoms with van der Waals surface area (Å²) in [6, 6.07) is -0.940. The molecule has 0 bridgehead atoms. The molecule has 0 radical (unpaired) electrons. The molecule has 7 heteroatoms. The van der Waals surface area contributed by atoms with Crippen molar-refractivity contribution in [2.75, 3.05) is 0 Å². The van der Waals surface area contributed by atoms with Crippen LogP contribution in [0, 0.1) is 0 Å². The van der Waals surface area contributed by atoms with E-state index in [9.17, 15) is 13.2 Å². The molecule has 0 aliphatic rings. The average molecular weight is 185 g/mol. The molecule has 0 saturated carbocycles. The van der Waals surface area contributed by atoms with Crippen molar-refractivity contribution < 1.29 is 13.2 Å². The van der Waals surface area contributed by atoms with Crippen LogP contribution in [-0.4, -0.2) is 14.4 Å². The van der Waals surface area contributed by atoms with E-state index in [0.29, 0.717) is 0 Å². The molecule has 0 unspecified atom stereocenters. The van der Waals surface area contributed by atoms with Gasteiger partial charge in [0, 0.05) is 10.7 Å². The minimum atomic E-state index is -3.98. The van der Waals surface area contributed by atoms with Gasteiger partial charge in [0.2, 0.25) is 0 Å². The monoisotopic (exact) mass is 184 g/mol. The zero-order chi connectivity index (χ0) is 8.20. The maximum Gasteiger partial charge on any atom is 0.333 e. The maximum atomic E-state index is 10.3. The molecule has 0 aromatic rings. The Hall–Kier alpha value is -0.750. The summed E-state index contributed by atoms with van der Waals surface area (Å²) >= 11 is 0. The second-order valence-electron chi connectivity index (χ2n) is 1.22. The average Bonchev–Trinajstić information content (AvgIpc) is 1.59.